The molecule has 0 saturated carbocycles. The Labute approximate surface area is 208 Å². The van der Waals surface area contributed by atoms with Crippen LogP contribution in [-0.4, -0.2) is 46.7 Å². The van der Waals surface area contributed by atoms with E-state index in [1.807, 2.05) is 24.9 Å². The Kier molecular flexibility index (Phi) is 6.15. The zero-order chi connectivity index (χ0) is 26.7. The molecule has 36 heavy (non-hydrogen) atoms. The summed E-state index contributed by atoms with van der Waals surface area (Å²) >= 11 is 0. The first-order valence-electron chi connectivity index (χ1n) is 11.6. The van der Waals surface area contributed by atoms with E-state index < -0.39 is 28.9 Å². The Morgan fingerprint density at radius 2 is 1.81 bits per heavy atom. The Balaban J connectivity index is 1.79. The van der Waals surface area contributed by atoms with Gasteiger partial charge in [0.1, 0.15) is 29.1 Å². The average Bonchev–Trinajstić information content (AvgIpc) is 2.79. The largest absolute Gasteiger partial charge is 0.384 e. The maximum atomic E-state index is 15.3. The van der Waals surface area contributed by atoms with Crippen molar-refractivity contribution in [2.24, 2.45) is 0 Å². The molecule has 1 aliphatic rings. The lowest BCUT2D eigenvalue weighted by molar-refractivity contribution is -0.170. The number of likely N-dealkylation sites (N-methyl/N-ethyl adjacent to an activating group) is 2. The Morgan fingerprint density at radius 1 is 1.14 bits per heavy atom. The highest BCUT2D eigenvalue weighted by Gasteiger charge is 2.49. The molecule has 192 valence electrons. The number of nitrogens with zero attached hydrogens (tertiary/aromatic N) is 4. The van der Waals surface area contributed by atoms with Crippen LogP contribution in [0.4, 0.5) is 30.4 Å². The quantitative estimate of drug-likeness (QED) is 0.517. The van der Waals surface area contributed by atoms with Gasteiger partial charge in [0, 0.05) is 25.0 Å². The maximum absolute atomic E-state index is 15.3. The van der Waals surface area contributed by atoms with Crippen LogP contribution in [0.3, 0.4) is 0 Å². The number of nitrogens with one attached hydrogen (secondary N) is 1. The second-order valence-corrected chi connectivity index (χ2v) is 9.87. The zero-order valence-electron chi connectivity index (χ0n) is 21.3. The lowest BCUT2D eigenvalue weighted by atomic mass is 9.91. The number of hydrogen-bond donors (Lipinski definition) is 2. The van der Waals surface area contributed by atoms with Crippen LogP contribution in [-0.2, 0) is 10.7 Å². The first-order valence-corrected chi connectivity index (χ1v) is 11.6. The number of halogens is 3. The number of aliphatic hydroxyl groups is 1. The molecule has 2 heterocycles. The normalized spacial score (nSPS) is 17.4. The lowest BCUT2D eigenvalue weighted by Gasteiger charge is -2.38. The first kappa shape index (κ1) is 25.7. The highest BCUT2D eigenvalue weighted by molar-refractivity contribution is 6.08. The minimum atomic E-state index is -3.80. The van der Waals surface area contributed by atoms with Crippen LogP contribution in [0.5, 0.6) is 0 Å². The van der Waals surface area contributed by atoms with Crippen LogP contribution in [0.2, 0.25) is 0 Å². The molecule has 10 heteroatoms. The fourth-order valence-corrected chi connectivity index (χ4v) is 4.44. The average molecular weight is 502 g/mol. The minimum absolute atomic E-state index is 0.000320. The van der Waals surface area contributed by atoms with E-state index in [1.54, 1.807) is 31.9 Å². The number of carbonyl (C=O) groups excluding carboxylic acids is 1. The van der Waals surface area contributed by atoms with Crippen molar-refractivity contribution >= 4 is 34.0 Å². The van der Waals surface area contributed by atoms with Crippen molar-refractivity contribution in [3.8, 4) is 0 Å². The summed E-state index contributed by atoms with van der Waals surface area (Å²) in [6.07, 6.45) is 0. The highest BCUT2D eigenvalue weighted by atomic mass is 19.3. The van der Waals surface area contributed by atoms with Crippen LogP contribution in [0.1, 0.15) is 50.7 Å². The van der Waals surface area contributed by atoms with E-state index in [-0.39, 0.29) is 17.5 Å². The van der Waals surface area contributed by atoms with Crippen LogP contribution >= 0.6 is 0 Å². The van der Waals surface area contributed by atoms with E-state index in [2.05, 4.69) is 15.3 Å². The molecule has 0 spiro atoms. The summed E-state index contributed by atoms with van der Waals surface area (Å²) in [6, 6.07) is 6.32. The van der Waals surface area contributed by atoms with E-state index in [0.29, 0.717) is 28.2 Å². The summed E-state index contributed by atoms with van der Waals surface area (Å²) in [5, 5.41) is 13.7. The van der Waals surface area contributed by atoms with Gasteiger partial charge in [-0.15, -0.1) is 0 Å². The molecule has 4 rings (SSSR count). The van der Waals surface area contributed by atoms with Crippen molar-refractivity contribution in [2.45, 2.75) is 58.2 Å². The van der Waals surface area contributed by atoms with Gasteiger partial charge in [0.25, 0.3) is 0 Å². The third-order valence-electron chi connectivity index (χ3n) is 6.87. The smallest absolute Gasteiger partial charge is 0.303 e. The highest BCUT2D eigenvalue weighted by Crippen LogP contribution is 2.42. The molecule has 0 saturated heterocycles. The Morgan fingerprint density at radius 3 is 2.44 bits per heavy atom. The summed E-state index contributed by atoms with van der Waals surface area (Å²) in [7, 11) is 3.54. The number of aromatic nitrogens is 2. The minimum Gasteiger partial charge on any atom is -0.384 e. The number of hydrogen-bond acceptors (Lipinski definition) is 6. The predicted octanol–water partition coefficient (Wildman–Crippen LogP) is 4.91. The number of rotatable bonds is 5. The van der Waals surface area contributed by atoms with Gasteiger partial charge in [-0.1, -0.05) is 12.1 Å². The first-order chi connectivity index (χ1) is 16.6. The summed E-state index contributed by atoms with van der Waals surface area (Å²) < 4.78 is 44.9. The van der Waals surface area contributed by atoms with Gasteiger partial charge < -0.3 is 20.2 Å². The molecule has 2 aromatic carbocycles. The van der Waals surface area contributed by atoms with Gasteiger partial charge >= 0.3 is 5.92 Å². The number of amides is 1. The van der Waals surface area contributed by atoms with Gasteiger partial charge in [-0.25, -0.2) is 14.4 Å². The summed E-state index contributed by atoms with van der Waals surface area (Å²) in [5.74, 6) is -4.11. The second kappa shape index (κ2) is 8.62. The van der Waals surface area contributed by atoms with Crippen LogP contribution < -0.4 is 15.1 Å². The van der Waals surface area contributed by atoms with Gasteiger partial charge in [-0.05, 0) is 52.8 Å². The third kappa shape index (κ3) is 4.03. The SMILES string of the molecule is Cc1nc(N[C@H](C)c2cccc(C(F)(F)C(C)(C)O)c2F)c2cc3c(cc2n1)N(C)[C@@H](C)C(=O)N3C. The molecule has 1 aromatic heterocycles. The number of anilines is 3. The number of carbonyl (C=O) groups is 1. The van der Waals surface area contributed by atoms with Crippen LogP contribution in [0.15, 0.2) is 30.3 Å². The monoisotopic (exact) mass is 501 g/mol. The molecule has 7 nitrogen and oxygen atoms in total. The van der Waals surface area contributed by atoms with E-state index in [4.69, 9.17) is 0 Å². The number of fused-ring (bicyclic) bond motifs is 2. The number of aryl methyl sites for hydroxylation is 1. The summed E-state index contributed by atoms with van der Waals surface area (Å²) in [5.41, 5.74) is -1.19. The van der Waals surface area contributed by atoms with E-state index in [1.165, 1.54) is 12.1 Å². The fourth-order valence-electron chi connectivity index (χ4n) is 4.44. The third-order valence-corrected chi connectivity index (χ3v) is 6.87. The van der Waals surface area contributed by atoms with Crippen molar-refractivity contribution in [3.05, 3.63) is 53.1 Å². The van der Waals surface area contributed by atoms with Gasteiger partial charge in [0.15, 0.2) is 0 Å². The van der Waals surface area contributed by atoms with Gasteiger partial charge in [0.05, 0.1) is 28.5 Å². The van der Waals surface area contributed by atoms with Crippen LogP contribution in [0, 0.1) is 12.7 Å². The maximum Gasteiger partial charge on any atom is 0.303 e. The Bertz CT molecular complexity index is 1360. The number of benzene rings is 2. The lowest BCUT2D eigenvalue weighted by Crippen LogP contribution is -2.49. The van der Waals surface area contributed by atoms with E-state index in [9.17, 15) is 18.7 Å². The topological polar surface area (TPSA) is 81.6 Å². The molecule has 1 amide bonds. The van der Waals surface area contributed by atoms with Gasteiger partial charge in [0.2, 0.25) is 5.91 Å². The standard InChI is InChI=1S/C26H30F3N5O2/c1-13(16-9-8-10-18(22(16)27)26(28,29)25(4,5)36)30-23-17-11-20-21(12-19(17)31-15(3)32-23)33(6)14(2)24(35)34(20)7/h8-14,36H,1-7H3,(H,30,31,32)/t13-,14+/m1/s1. The zero-order valence-corrected chi connectivity index (χ0v) is 21.3. The molecule has 0 bridgehead atoms. The van der Waals surface area contributed by atoms with Gasteiger partial charge in [-0.3, -0.25) is 4.79 Å². The Hall–Kier alpha value is -3.40. The van der Waals surface area contributed by atoms with Gasteiger partial charge in [-0.2, -0.15) is 8.78 Å². The molecule has 1 aliphatic heterocycles. The second-order valence-electron chi connectivity index (χ2n) is 9.87. The molecular weight excluding hydrogens is 471 g/mol. The fraction of sp³-hybridized carbons (Fsp3) is 0.423. The molecule has 0 fully saturated rings. The number of alkyl halides is 2. The molecule has 3 aromatic rings. The van der Waals surface area contributed by atoms with Crippen molar-refractivity contribution < 1.29 is 23.1 Å². The molecule has 0 radical (unpaired) electrons. The van der Waals surface area contributed by atoms with Crippen molar-refractivity contribution in [2.75, 3.05) is 29.2 Å². The van der Waals surface area contributed by atoms with Crippen LogP contribution in [0.25, 0.3) is 10.9 Å². The molecule has 2 atom stereocenters. The van der Waals surface area contributed by atoms with E-state index in [0.717, 1.165) is 25.6 Å². The summed E-state index contributed by atoms with van der Waals surface area (Å²) in [6.45, 7) is 7.07. The summed E-state index contributed by atoms with van der Waals surface area (Å²) in [4.78, 5) is 25.2. The molecular formula is C26H30F3N5O2. The van der Waals surface area contributed by atoms with E-state index >= 15 is 4.39 Å². The molecule has 2 N–H and O–H groups in total. The van der Waals surface area contributed by atoms with Crippen molar-refractivity contribution in [3.63, 3.8) is 0 Å². The predicted molar refractivity (Wildman–Crippen MR) is 134 cm³/mol. The van der Waals surface area contributed by atoms with Crippen molar-refractivity contribution in [1.29, 1.82) is 0 Å². The van der Waals surface area contributed by atoms with Crippen molar-refractivity contribution in [1.82, 2.24) is 9.97 Å². The molecule has 0 unspecified atom stereocenters. The molecule has 0 aliphatic carbocycles.